The molecule has 160 valence electrons. The van der Waals surface area contributed by atoms with Crippen LogP contribution in [-0.2, 0) is 0 Å². The van der Waals surface area contributed by atoms with Crippen LogP contribution < -0.4 is 25.1 Å². The minimum Gasteiger partial charge on any atom is -0.497 e. The molecule has 2 aromatic carbocycles. The summed E-state index contributed by atoms with van der Waals surface area (Å²) in [5.41, 5.74) is 1.56. The Morgan fingerprint density at radius 1 is 1.00 bits per heavy atom. The number of methoxy groups -OCH3 is 3. The van der Waals surface area contributed by atoms with Crippen molar-refractivity contribution in [3.8, 4) is 35.3 Å². The van der Waals surface area contributed by atoms with E-state index in [4.69, 9.17) is 20.6 Å². The number of nitrogens with one attached hydrogen (secondary N) is 1. The van der Waals surface area contributed by atoms with Gasteiger partial charge in [-0.1, -0.05) is 18.1 Å². The lowest BCUT2D eigenvalue weighted by Crippen LogP contribution is -2.20. The topological polar surface area (TPSA) is 87.5 Å². The molecule has 0 bridgehead atoms. The van der Waals surface area contributed by atoms with Crippen LogP contribution in [0.15, 0.2) is 59.5 Å². The molecule has 0 spiro atoms. The number of hydrogen-bond donors (Lipinski definition) is 1. The van der Waals surface area contributed by atoms with E-state index >= 15 is 0 Å². The van der Waals surface area contributed by atoms with E-state index in [2.05, 4.69) is 21.2 Å². The van der Waals surface area contributed by atoms with Crippen LogP contribution in [0.1, 0.15) is 5.56 Å². The van der Waals surface area contributed by atoms with Crippen LogP contribution in [0.4, 0.5) is 11.6 Å². The number of aromatic nitrogens is 3. The molecular weight excluding hydrogens is 408 g/mol. The van der Waals surface area contributed by atoms with Gasteiger partial charge in [0, 0.05) is 23.9 Å². The van der Waals surface area contributed by atoms with Crippen LogP contribution >= 0.6 is 0 Å². The molecule has 0 aliphatic carbocycles. The van der Waals surface area contributed by atoms with Crippen molar-refractivity contribution in [2.75, 3.05) is 26.6 Å². The van der Waals surface area contributed by atoms with Crippen LogP contribution in [0.25, 0.3) is 16.7 Å². The molecule has 0 radical (unpaired) electrons. The molecule has 4 aromatic rings. The fourth-order valence-electron chi connectivity index (χ4n) is 3.35. The number of hydrogen-bond acceptors (Lipinski definition) is 7. The number of ether oxygens (including phenoxy) is 3. The molecule has 2 aromatic heterocycles. The van der Waals surface area contributed by atoms with Gasteiger partial charge in [-0.25, -0.2) is 4.98 Å². The highest BCUT2D eigenvalue weighted by Gasteiger charge is 2.17. The standard InChI is InChI=1S/C24H20N4O4/c1-5-15-12-22(29)28(19-11-10-16(30-2)13-21(19)32-4)23-17(15)14-25-24(27-23)26-18-8-6-7-9-20(18)31-3/h1,6-14H,2-4H3,(H,25,26,27). The Balaban J connectivity index is 1.95. The quantitative estimate of drug-likeness (QED) is 0.470. The van der Waals surface area contributed by atoms with Gasteiger partial charge in [0.05, 0.1) is 38.1 Å². The van der Waals surface area contributed by atoms with Crippen LogP contribution in [0, 0.1) is 12.3 Å². The molecule has 0 unspecified atom stereocenters. The fourth-order valence-corrected chi connectivity index (χ4v) is 3.35. The lowest BCUT2D eigenvalue weighted by atomic mass is 10.1. The first-order valence-corrected chi connectivity index (χ1v) is 9.61. The van der Waals surface area contributed by atoms with Gasteiger partial charge in [0.2, 0.25) is 5.95 Å². The van der Waals surface area contributed by atoms with E-state index in [1.165, 1.54) is 17.7 Å². The summed E-state index contributed by atoms with van der Waals surface area (Å²) in [7, 11) is 4.65. The Morgan fingerprint density at radius 3 is 2.50 bits per heavy atom. The summed E-state index contributed by atoms with van der Waals surface area (Å²) in [5.74, 6) is 4.48. The van der Waals surface area contributed by atoms with Gasteiger partial charge in [-0.3, -0.25) is 9.36 Å². The van der Waals surface area contributed by atoms with E-state index in [1.807, 2.05) is 24.3 Å². The number of benzene rings is 2. The summed E-state index contributed by atoms with van der Waals surface area (Å²) in [6.07, 6.45) is 7.22. The van der Waals surface area contributed by atoms with Crippen molar-refractivity contribution in [3.63, 3.8) is 0 Å². The first kappa shape index (κ1) is 20.8. The summed E-state index contributed by atoms with van der Waals surface area (Å²) in [5, 5.41) is 3.68. The zero-order chi connectivity index (χ0) is 22.7. The zero-order valence-electron chi connectivity index (χ0n) is 17.7. The maximum Gasteiger partial charge on any atom is 0.258 e. The first-order chi connectivity index (χ1) is 15.6. The third kappa shape index (κ3) is 3.68. The van der Waals surface area contributed by atoms with Crippen molar-refractivity contribution in [1.29, 1.82) is 0 Å². The number of fused-ring (bicyclic) bond motifs is 1. The molecule has 0 aliphatic rings. The van der Waals surface area contributed by atoms with Gasteiger partial charge in [-0.2, -0.15) is 4.98 Å². The van der Waals surface area contributed by atoms with Crippen LogP contribution in [0.5, 0.6) is 17.2 Å². The molecule has 0 amide bonds. The number of para-hydroxylation sites is 2. The monoisotopic (exact) mass is 428 g/mol. The van der Waals surface area contributed by atoms with Gasteiger partial charge in [0.25, 0.3) is 5.56 Å². The number of rotatable bonds is 6. The Labute approximate surface area is 184 Å². The maximum atomic E-state index is 13.1. The second-order valence-corrected chi connectivity index (χ2v) is 6.67. The number of anilines is 2. The number of nitrogens with zero attached hydrogens (tertiary/aromatic N) is 3. The van der Waals surface area contributed by atoms with Gasteiger partial charge < -0.3 is 19.5 Å². The smallest absolute Gasteiger partial charge is 0.258 e. The van der Waals surface area contributed by atoms with E-state index in [0.29, 0.717) is 45.2 Å². The van der Waals surface area contributed by atoms with Crippen LogP contribution in [0.3, 0.4) is 0 Å². The van der Waals surface area contributed by atoms with Crippen molar-refractivity contribution in [1.82, 2.24) is 14.5 Å². The van der Waals surface area contributed by atoms with E-state index in [-0.39, 0.29) is 11.5 Å². The molecule has 8 heteroatoms. The van der Waals surface area contributed by atoms with E-state index < -0.39 is 0 Å². The van der Waals surface area contributed by atoms with Crippen molar-refractivity contribution in [2.45, 2.75) is 0 Å². The molecule has 8 nitrogen and oxygen atoms in total. The Bertz CT molecular complexity index is 1410. The predicted octanol–water partition coefficient (Wildman–Crippen LogP) is 3.53. The molecule has 0 saturated heterocycles. The molecule has 0 fully saturated rings. The minimum absolute atomic E-state index is 0.275. The van der Waals surface area contributed by atoms with Gasteiger partial charge in [-0.05, 0) is 24.3 Å². The van der Waals surface area contributed by atoms with Gasteiger partial charge in [0.15, 0.2) is 5.65 Å². The van der Waals surface area contributed by atoms with Crippen molar-refractivity contribution in [2.24, 2.45) is 0 Å². The lowest BCUT2D eigenvalue weighted by molar-refractivity contribution is 0.393. The van der Waals surface area contributed by atoms with Crippen LogP contribution in [0.2, 0.25) is 0 Å². The van der Waals surface area contributed by atoms with E-state index in [1.54, 1.807) is 38.6 Å². The number of pyridine rings is 1. The highest BCUT2D eigenvalue weighted by molar-refractivity contribution is 5.84. The first-order valence-electron chi connectivity index (χ1n) is 9.61. The Hall–Kier alpha value is -4.51. The van der Waals surface area contributed by atoms with E-state index in [0.717, 1.165) is 0 Å². The fraction of sp³-hybridized carbons (Fsp3) is 0.125. The van der Waals surface area contributed by atoms with Crippen LogP contribution in [-0.4, -0.2) is 35.9 Å². The molecule has 0 saturated carbocycles. The summed E-state index contributed by atoms with van der Waals surface area (Å²) in [4.78, 5) is 22.1. The molecule has 4 rings (SSSR count). The molecule has 1 N–H and O–H groups in total. The van der Waals surface area contributed by atoms with Crippen molar-refractivity contribution < 1.29 is 14.2 Å². The SMILES string of the molecule is C#Cc1cc(=O)n(-c2ccc(OC)cc2OC)c2nc(Nc3ccccc3OC)ncc12. The second kappa shape index (κ2) is 8.70. The van der Waals surface area contributed by atoms with Gasteiger partial charge in [0.1, 0.15) is 17.2 Å². The predicted molar refractivity (Wildman–Crippen MR) is 122 cm³/mol. The third-order valence-corrected chi connectivity index (χ3v) is 4.90. The third-order valence-electron chi connectivity index (χ3n) is 4.90. The summed E-state index contributed by atoms with van der Waals surface area (Å²) >= 11 is 0. The minimum atomic E-state index is -0.351. The highest BCUT2D eigenvalue weighted by atomic mass is 16.5. The summed E-state index contributed by atoms with van der Waals surface area (Å²) in [6, 6.07) is 13.9. The van der Waals surface area contributed by atoms with Crippen molar-refractivity contribution in [3.05, 3.63) is 70.6 Å². The molecule has 0 atom stereocenters. The number of terminal acetylenes is 1. The maximum absolute atomic E-state index is 13.1. The Morgan fingerprint density at radius 2 is 1.78 bits per heavy atom. The van der Waals surface area contributed by atoms with E-state index in [9.17, 15) is 4.79 Å². The average molecular weight is 428 g/mol. The second-order valence-electron chi connectivity index (χ2n) is 6.67. The molecule has 32 heavy (non-hydrogen) atoms. The van der Waals surface area contributed by atoms with Gasteiger partial charge >= 0.3 is 0 Å². The molecule has 0 aliphatic heterocycles. The largest absolute Gasteiger partial charge is 0.497 e. The normalized spacial score (nSPS) is 10.4. The average Bonchev–Trinajstić information content (AvgIpc) is 2.83. The van der Waals surface area contributed by atoms with Crippen molar-refractivity contribution >= 4 is 22.7 Å². The highest BCUT2D eigenvalue weighted by Crippen LogP contribution is 2.30. The summed E-state index contributed by atoms with van der Waals surface area (Å²) < 4.78 is 17.6. The van der Waals surface area contributed by atoms with Gasteiger partial charge in [-0.15, -0.1) is 6.42 Å². The lowest BCUT2D eigenvalue weighted by Gasteiger charge is -2.16. The zero-order valence-corrected chi connectivity index (χ0v) is 17.7. The molecule has 2 heterocycles. The molecular formula is C24H20N4O4. The summed E-state index contributed by atoms with van der Waals surface area (Å²) in [6.45, 7) is 0. The Kier molecular flexibility index (Phi) is 5.64.